The third-order valence-electron chi connectivity index (χ3n) is 4.45. The third-order valence-corrected chi connectivity index (χ3v) is 4.68. The van der Waals surface area contributed by atoms with Crippen molar-refractivity contribution >= 4 is 34.1 Å². The largest absolute Gasteiger partial charge is 0.322 e. The normalized spacial score (nSPS) is 10.7. The standard InChI is InChI=1S/C23H17ClN2O/c1-15-21(23(27)26-18-10-6-3-7-11-18)22(16-8-4-2-5-9-16)19-14-17(24)12-13-20(19)25-15/h2-14H,1H3,(H,26,27). The Labute approximate surface area is 162 Å². The first-order valence-electron chi connectivity index (χ1n) is 8.65. The number of aryl methyl sites for hydroxylation is 1. The van der Waals surface area contributed by atoms with E-state index in [9.17, 15) is 4.79 Å². The van der Waals surface area contributed by atoms with Crippen LogP contribution in [0, 0.1) is 6.92 Å². The number of carbonyl (C=O) groups is 1. The molecule has 4 rings (SSSR count). The Morgan fingerprint density at radius 3 is 2.30 bits per heavy atom. The molecule has 0 bridgehead atoms. The van der Waals surface area contributed by atoms with Gasteiger partial charge in [-0.2, -0.15) is 0 Å². The lowest BCUT2D eigenvalue weighted by Crippen LogP contribution is -2.16. The van der Waals surface area contributed by atoms with Crippen molar-refractivity contribution in [3.63, 3.8) is 0 Å². The zero-order chi connectivity index (χ0) is 18.8. The average molecular weight is 373 g/mol. The average Bonchev–Trinajstić information content (AvgIpc) is 2.68. The molecule has 1 amide bonds. The first-order chi connectivity index (χ1) is 13.1. The molecule has 1 aromatic heterocycles. The van der Waals surface area contributed by atoms with E-state index >= 15 is 0 Å². The molecule has 0 spiro atoms. The Hall–Kier alpha value is -3.17. The van der Waals surface area contributed by atoms with Crippen LogP contribution in [0.25, 0.3) is 22.0 Å². The Kier molecular flexibility index (Phi) is 4.61. The van der Waals surface area contributed by atoms with E-state index in [0.29, 0.717) is 16.3 Å². The molecule has 27 heavy (non-hydrogen) atoms. The minimum atomic E-state index is -0.188. The molecule has 0 aliphatic carbocycles. The summed E-state index contributed by atoms with van der Waals surface area (Å²) in [4.78, 5) is 17.8. The number of nitrogens with one attached hydrogen (secondary N) is 1. The molecule has 0 aliphatic rings. The van der Waals surface area contributed by atoms with Crippen LogP contribution in [0.4, 0.5) is 5.69 Å². The molecule has 0 radical (unpaired) electrons. The third kappa shape index (κ3) is 3.42. The smallest absolute Gasteiger partial charge is 0.258 e. The molecule has 0 saturated carbocycles. The highest BCUT2D eigenvalue weighted by Crippen LogP contribution is 2.34. The van der Waals surface area contributed by atoms with E-state index in [1.54, 1.807) is 0 Å². The van der Waals surface area contributed by atoms with Crippen molar-refractivity contribution in [2.24, 2.45) is 0 Å². The fourth-order valence-electron chi connectivity index (χ4n) is 3.26. The lowest BCUT2D eigenvalue weighted by molar-refractivity contribution is 0.102. The SMILES string of the molecule is Cc1nc2ccc(Cl)cc2c(-c2ccccc2)c1C(=O)Nc1ccccc1. The minimum absolute atomic E-state index is 0.188. The van der Waals surface area contributed by atoms with Crippen LogP contribution in [0.5, 0.6) is 0 Å². The molecule has 1 N–H and O–H groups in total. The number of rotatable bonds is 3. The summed E-state index contributed by atoms with van der Waals surface area (Å²) in [6.45, 7) is 1.86. The zero-order valence-electron chi connectivity index (χ0n) is 14.7. The van der Waals surface area contributed by atoms with Crippen molar-refractivity contribution in [2.75, 3.05) is 5.32 Å². The van der Waals surface area contributed by atoms with Crippen molar-refractivity contribution in [1.82, 2.24) is 4.98 Å². The van der Waals surface area contributed by atoms with Gasteiger partial charge >= 0.3 is 0 Å². The number of benzene rings is 3. The maximum Gasteiger partial charge on any atom is 0.258 e. The van der Waals surface area contributed by atoms with Crippen LogP contribution < -0.4 is 5.32 Å². The summed E-state index contributed by atoms with van der Waals surface area (Å²) in [5.41, 5.74) is 4.58. The maximum atomic E-state index is 13.2. The van der Waals surface area contributed by atoms with Gasteiger partial charge in [0, 0.05) is 21.7 Å². The number of para-hydroxylation sites is 1. The molecular weight excluding hydrogens is 356 g/mol. The van der Waals surface area contributed by atoms with Gasteiger partial charge in [0.25, 0.3) is 5.91 Å². The van der Waals surface area contributed by atoms with Crippen LogP contribution in [-0.2, 0) is 0 Å². The molecule has 0 fully saturated rings. The number of aromatic nitrogens is 1. The summed E-state index contributed by atoms with van der Waals surface area (Å²) in [5.74, 6) is -0.188. The quantitative estimate of drug-likeness (QED) is 0.471. The second-order valence-corrected chi connectivity index (χ2v) is 6.73. The number of hydrogen-bond donors (Lipinski definition) is 1. The van der Waals surface area contributed by atoms with Crippen LogP contribution in [0.3, 0.4) is 0 Å². The summed E-state index contributed by atoms with van der Waals surface area (Å²) in [6, 6.07) is 24.8. The Bertz CT molecular complexity index is 1130. The molecule has 3 nitrogen and oxygen atoms in total. The minimum Gasteiger partial charge on any atom is -0.322 e. The van der Waals surface area contributed by atoms with Gasteiger partial charge in [-0.05, 0) is 42.8 Å². The van der Waals surface area contributed by atoms with Crippen LogP contribution in [0.2, 0.25) is 5.02 Å². The maximum absolute atomic E-state index is 13.2. The van der Waals surface area contributed by atoms with Gasteiger partial charge < -0.3 is 5.32 Å². The van der Waals surface area contributed by atoms with Crippen molar-refractivity contribution in [2.45, 2.75) is 6.92 Å². The fraction of sp³-hybridized carbons (Fsp3) is 0.0435. The molecular formula is C23H17ClN2O. The Balaban J connectivity index is 1.96. The van der Waals surface area contributed by atoms with Gasteiger partial charge in [-0.1, -0.05) is 60.1 Å². The summed E-state index contributed by atoms with van der Waals surface area (Å²) < 4.78 is 0. The lowest BCUT2D eigenvalue weighted by atomic mass is 9.94. The van der Waals surface area contributed by atoms with E-state index < -0.39 is 0 Å². The second-order valence-electron chi connectivity index (χ2n) is 6.29. The first kappa shape index (κ1) is 17.3. The van der Waals surface area contributed by atoms with Crippen LogP contribution in [0.1, 0.15) is 16.1 Å². The molecule has 0 saturated heterocycles. The number of anilines is 1. The molecule has 3 aromatic carbocycles. The van der Waals surface area contributed by atoms with Gasteiger partial charge in [-0.3, -0.25) is 9.78 Å². The van der Waals surface area contributed by atoms with E-state index in [0.717, 1.165) is 27.7 Å². The van der Waals surface area contributed by atoms with E-state index in [-0.39, 0.29) is 5.91 Å². The van der Waals surface area contributed by atoms with Gasteiger partial charge in [-0.15, -0.1) is 0 Å². The number of pyridine rings is 1. The van der Waals surface area contributed by atoms with Gasteiger partial charge in [0.2, 0.25) is 0 Å². The zero-order valence-corrected chi connectivity index (χ0v) is 15.5. The molecule has 1 heterocycles. The van der Waals surface area contributed by atoms with Crippen molar-refractivity contribution in [3.8, 4) is 11.1 Å². The van der Waals surface area contributed by atoms with Crippen LogP contribution in [0.15, 0.2) is 78.9 Å². The van der Waals surface area contributed by atoms with E-state index in [1.807, 2.05) is 85.8 Å². The van der Waals surface area contributed by atoms with Gasteiger partial charge in [0.05, 0.1) is 16.8 Å². The topological polar surface area (TPSA) is 42.0 Å². The monoisotopic (exact) mass is 372 g/mol. The highest BCUT2D eigenvalue weighted by atomic mass is 35.5. The van der Waals surface area contributed by atoms with Gasteiger partial charge in [-0.25, -0.2) is 0 Å². The Morgan fingerprint density at radius 1 is 0.926 bits per heavy atom. The number of fused-ring (bicyclic) bond motifs is 1. The molecule has 4 aromatic rings. The highest BCUT2D eigenvalue weighted by Gasteiger charge is 2.20. The molecule has 132 valence electrons. The number of amides is 1. The van der Waals surface area contributed by atoms with Gasteiger partial charge in [0.15, 0.2) is 0 Å². The fourth-order valence-corrected chi connectivity index (χ4v) is 3.43. The summed E-state index contributed by atoms with van der Waals surface area (Å²) in [5, 5.41) is 4.45. The number of carbonyl (C=O) groups excluding carboxylic acids is 1. The van der Waals surface area contributed by atoms with Crippen LogP contribution in [-0.4, -0.2) is 10.9 Å². The highest BCUT2D eigenvalue weighted by molar-refractivity contribution is 6.31. The summed E-state index contributed by atoms with van der Waals surface area (Å²) in [6.07, 6.45) is 0. The van der Waals surface area contributed by atoms with E-state index in [2.05, 4.69) is 10.3 Å². The van der Waals surface area contributed by atoms with Crippen LogP contribution >= 0.6 is 11.6 Å². The van der Waals surface area contributed by atoms with E-state index in [1.165, 1.54) is 0 Å². The molecule has 0 atom stereocenters. The molecule has 0 aliphatic heterocycles. The predicted molar refractivity (Wildman–Crippen MR) is 111 cm³/mol. The van der Waals surface area contributed by atoms with Crippen molar-refractivity contribution in [3.05, 3.63) is 95.1 Å². The van der Waals surface area contributed by atoms with Crippen molar-refractivity contribution < 1.29 is 4.79 Å². The molecule has 4 heteroatoms. The number of halogens is 1. The predicted octanol–water partition coefficient (Wildman–Crippen LogP) is 6.12. The van der Waals surface area contributed by atoms with Gasteiger partial charge in [0.1, 0.15) is 0 Å². The number of nitrogens with zero attached hydrogens (tertiary/aromatic N) is 1. The first-order valence-corrected chi connectivity index (χ1v) is 9.03. The summed E-state index contributed by atoms with van der Waals surface area (Å²) >= 11 is 6.25. The molecule has 0 unspecified atom stereocenters. The van der Waals surface area contributed by atoms with Crippen molar-refractivity contribution in [1.29, 1.82) is 0 Å². The number of hydrogen-bond acceptors (Lipinski definition) is 2. The second kappa shape index (κ2) is 7.22. The Morgan fingerprint density at radius 2 is 1.59 bits per heavy atom. The van der Waals surface area contributed by atoms with E-state index in [4.69, 9.17) is 11.6 Å². The summed E-state index contributed by atoms with van der Waals surface area (Å²) in [7, 11) is 0. The lowest BCUT2D eigenvalue weighted by Gasteiger charge is -2.16.